The van der Waals surface area contributed by atoms with Gasteiger partial charge in [0.15, 0.2) is 5.82 Å². The van der Waals surface area contributed by atoms with Gasteiger partial charge in [-0.2, -0.15) is 0 Å². The van der Waals surface area contributed by atoms with Gasteiger partial charge in [-0.25, -0.2) is 4.98 Å². The topological polar surface area (TPSA) is 102 Å². The van der Waals surface area contributed by atoms with Crippen molar-refractivity contribution >= 4 is 37.2 Å². The van der Waals surface area contributed by atoms with Crippen LogP contribution in [-0.2, 0) is 4.79 Å². The van der Waals surface area contributed by atoms with Gasteiger partial charge in [-0.15, -0.1) is 10.2 Å². The van der Waals surface area contributed by atoms with Crippen molar-refractivity contribution in [2.24, 2.45) is 10.2 Å². The highest BCUT2D eigenvalue weighted by atomic mass is 28.4. The summed E-state index contributed by atoms with van der Waals surface area (Å²) in [5.41, 5.74) is 6.97. The van der Waals surface area contributed by atoms with Gasteiger partial charge in [0.2, 0.25) is 5.91 Å². The van der Waals surface area contributed by atoms with Crippen molar-refractivity contribution in [2.45, 2.75) is 45.8 Å². The lowest BCUT2D eigenvalue weighted by Gasteiger charge is -2.36. The Morgan fingerprint density at radius 2 is 1.74 bits per heavy atom. The zero-order valence-electron chi connectivity index (χ0n) is 16.7. The summed E-state index contributed by atoms with van der Waals surface area (Å²) in [5, 5.41) is 11.2. The monoisotopic (exact) mass is 385 g/mol. The van der Waals surface area contributed by atoms with Gasteiger partial charge in [0.25, 0.3) is 8.32 Å². The number of hydrogen-bond donors (Lipinski definition) is 2. The second-order valence-electron chi connectivity index (χ2n) is 7.81. The number of aromatic nitrogens is 1. The summed E-state index contributed by atoms with van der Waals surface area (Å²) >= 11 is 0. The number of azo groups is 1. The first-order valence-corrected chi connectivity index (χ1v) is 11.6. The Labute approximate surface area is 161 Å². The highest BCUT2D eigenvalue weighted by Crippen LogP contribution is 2.40. The molecule has 0 aliphatic carbocycles. The second kappa shape index (κ2) is 7.87. The standard InChI is InChI=1S/C19H27N5O2Si/c1-13(25)21-17-12-11-15(18(20)22-17)24-23-14-9-7-8-10-16(14)26-27(5,6)19(2,3)4/h7-12H,1-6H3,(H3,20,21,22,25). The molecule has 0 saturated heterocycles. The van der Waals surface area contributed by atoms with Crippen LogP contribution in [0.4, 0.5) is 23.0 Å². The summed E-state index contributed by atoms with van der Waals surface area (Å²) in [4.78, 5) is 15.2. The minimum absolute atomic E-state index is 0.0745. The number of pyridine rings is 1. The van der Waals surface area contributed by atoms with Crippen LogP contribution < -0.4 is 15.5 Å². The molecule has 2 rings (SSSR count). The molecule has 0 spiro atoms. The third kappa shape index (κ3) is 5.37. The number of rotatable bonds is 5. The Bertz CT molecular complexity index is 859. The Balaban J connectivity index is 2.27. The number of carbonyl (C=O) groups is 1. The minimum Gasteiger partial charge on any atom is -0.542 e. The van der Waals surface area contributed by atoms with E-state index in [1.54, 1.807) is 12.1 Å². The molecule has 0 aliphatic rings. The highest BCUT2D eigenvalue weighted by Gasteiger charge is 2.39. The quantitative estimate of drug-likeness (QED) is 0.530. The summed E-state index contributed by atoms with van der Waals surface area (Å²) in [7, 11) is -2.00. The van der Waals surface area contributed by atoms with Gasteiger partial charge in [-0.3, -0.25) is 4.79 Å². The maximum absolute atomic E-state index is 11.1. The first-order valence-electron chi connectivity index (χ1n) is 8.73. The summed E-state index contributed by atoms with van der Waals surface area (Å²) in [6, 6.07) is 10.8. The molecule has 0 atom stereocenters. The normalized spacial score (nSPS) is 12.2. The van der Waals surface area contributed by atoms with Crippen molar-refractivity contribution in [1.82, 2.24) is 4.98 Å². The molecular formula is C19H27N5O2Si. The van der Waals surface area contributed by atoms with Crippen LogP contribution in [0.2, 0.25) is 18.1 Å². The number of amides is 1. The van der Waals surface area contributed by atoms with Crippen LogP contribution in [-0.4, -0.2) is 19.2 Å². The third-order valence-electron chi connectivity index (χ3n) is 4.51. The Kier molecular flexibility index (Phi) is 6.00. The largest absolute Gasteiger partial charge is 0.542 e. The second-order valence-corrected chi connectivity index (χ2v) is 12.5. The molecule has 2 aromatic rings. The molecule has 7 nitrogen and oxygen atoms in total. The molecular weight excluding hydrogens is 358 g/mol. The van der Waals surface area contributed by atoms with Crippen LogP contribution >= 0.6 is 0 Å². The molecule has 0 radical (unpaired) electrons. The number of nitrogens with zero attached hydrogens (tertiary/aromatic N) is 3. The number of nitrogens with two attached hydrogens (primary N) is 1. The van der Waals surface area contributed by atoms with Crippen LogP contribution in [0.25, 0.3) is 0 Å². The predicted octanol–water partition coefficient (Wildman–Crippen LogP) is 5.42. The van der Waals surface area contributed by atoms with Crippen LogP contribution in [0.5, 0.6) is 5.75 Å². The average Bonchev–Trinajstić information content (AvgIpc) is 2.53. The first-order chi connectivity index (χ1) is 12.5. The molecule has 0 fully saturated rings. The molecule has 8 heteroatoms. The fraction of sp³-hybridized carbons (Fsp3) is 0.368. The van der Waals surface area contributed by atoms with E-state index in [1.165, 1.54) is 6.92 Å². The van der Waals surface area contributed by atoms with Gasteiger partial charge in [0.05, 0.1) is 0 Å². The van der Waals surface area contributed by atoms with Crippen LogP contribution in [0.1, 0.15) is 27.7 Å². The molecule has 1 heterocycles. The summed E-state index contributed by atoms with van der Waals surface area (Å²) in [6.45, 7) is 12.3. The molecule has 0 aliphatic heterocycles. The predicted molar refractivity (Wildman–Crippen MR) is 111 cm³/mol. The average molecular weight is 386 g/mol. The van der Waals surface area contributed by atoms with Crippen molar-refractivity contribution in [3.63, 3.8) is 0 Å². The van der Waals surface area contributed by atoms with Gasteiger partial charge in [0, 0.05) is 6.92 Å². The van der Waals surface area contributed by atoms with Crippen LogP contribution in [0, 0.1) is 0 Å². The number of para-hydroxylation sites is 1. The van der Waals surface area contributed by atoms with Crippen molar-refractivity contribution in [1.29, 1.82) is 0 Å². The van der Waals surface area contributed by atoms with Gasteiger partial charge >= 0.3 is 0 Å². The Morgan fingerprint density at radius 1 is 1.11 bits per heavy atom. The highest BCUT2D eigenvalue weighted by molar-refractivity contribution is 6.74. The van der Waals surface area contributed by atoms with Gasteiger partial charge in [-0.1, -0.05) is 32.9 Å². The molecule has 27 heavy (non-hydrogen) atoms. The fourth-order valence-corrected chi connectivity index (χ4v) is 2.99. The molecule has 3 N–H and O–H groups in total. The molecule has 1 aromatic heterocycles. The van der Waals surface area contributed by atoms with Crippen molar-refractivity contribution in [2.75, 3.05) is 11.1 Å². The zero-order chi connectivity index (χ0) is 20.2. The fourth-order valence-electron chi connectivity index (χ4n) is 1.96. The van der Waals surface area contributed by atoms with E-state index >= 15 is 0 Å². The smallest absolute Gasteiger partial charge is 0.250 e. The summed E-state index contributed by atoms with van der Waals surface area (Å²) in [6.07, 6.45) is 0. The third-order valence-corrected chi connectivity index (χ3v) is 8.85. The van der Waals surface area contributed by atoms with E-state index in [-0.39, 0.29) is 16.8 Å². The molecule has 1 aromatic carbocycles. The lowest BCUT2D eigenvalue weighted by molar-refractivity contribution is -0.114. The SMILES string of the molecule is CC(=O)Nc1ccc(N=Nc2ccccc2O[Si](C)(C)C(C)(C)C)c(N)n1. The Morgan fingerprint density at radius 3 is 2.33 bits per heavy atom. The molecule has 0 saturated carbocycles. The van der Waals surface area contributed by atoms with Crippen molar-refractivity contribution in [3.05, 3.63) is 36.4 Å². The molecule has 144 valence electrons. The first kappa shape index (κ1) is 20.6. The summed E-state index contributed by atoms with van der Waals surface area (Å²) < 4.78 is 6.37. The van der Waals surface area contributed by atoms with E-state index < -0.39 is 8.32 Å². The van der Waals surface area contributed by atoms with E-state index in [4.69, 9.17) is 10.2 Å². The van der Waals surface area contributed by atoms with Crippen molar-refractivity contribution < 1.29 is 9.22 Å². The van der Waals surface area contributed by atoms with Gasteiger partial charge < -0.3 is 15.5 Å². The van der Waals surface area contributed by atoms with Gasteiger partial charge in [-0.05, 0) is 42.4 Å². The van der Waals surface area contributed by atoms with Crippen molar-refractivity contribution in [3.8, 4) is 5.75 Å². The van der Waals surface area contributed by atoms with E-state index in [0.717, 1.165) is 0 Å². The molecule has 0 unspecified atom stereocenters. The summed E-state index contributed by atoms with van der Waals surface area (Å²) in [5.74, 6) is 1.05. The molecule has 0 bridgehead atoms. The number of nitrogens with one attached hydrogen (secondary N) is 1. The number of carbonyl (C=O) groups excluding carboxylic acids is 1. The maximum Gasteiger partial charge on any atom is 0.250 e. The van der Waals surface area contributed by atoms with E-state index in [2.05, 4.69) is 54.4 Å². The Hall–Kier alpha value is -2.74. The van der Waals surface area contributed by atoms with E-state index in [9.17, 15) is 4.79 Å². The van der Waals surface area contributed by atoms with Crippen LogP contribution in [0.15, 0.2) is 46.6 Å². The van der Waals surface area contributed by atoms with E-state index in [0.29, 0.717) is 22.9 Å². The van der Waals surface area contributed by atoms with E-state index in [1.807, 2.05) is 24.3 Å². The number of anilines is 2. The lowest BCUT2D eigenvalue weighted by atomic mass is 10.2. The minimum atomic E-state index is -2.00. The van der Waals surface area contributed by atoms with Gasteiger partial charge in [0.1, 0.15) is 22.9 Å². The molecule has 1 amide bonds. The number of hydrogen-bond acceptors (Lipinski definition) is 6. The number of benzene rings is 1. The zero-order valence-corrected chi connectivity index (χ0v) is 17.7. The van der Waals surface area contributed by atoms with Crippen LogP contribution in [0.3, 0.4) is 0 Å². The maximum atomic E-state index is 11.1. The lowest BCUT2D eigenvalue weighted by Crippen LogP contribution is -2.43. The number of nitrogen functional groups attached to an aromatic ring is 1.